The maximum Gasteiger partial charge on any atom is 0.249 e. The molecule has 0 saturated heterocycles. The maximum atomic E-state index is 11.4. The smallest absolute Gasteiger partial charge is 0.249 e. The lowest BCUT2D eigenvalue weighted by Crippen LogP contribution is -2.44. The molecule has 5 heteroatoms. The molecule has 1 rings (SSSR count). The first-order valence-corrected chi connectivity index (χ1v) is 6.13. The predicted octanol–water partition coefficient (Wildman–Crippen LogP) is 1.42. The number of hydrogen-bond acceptors (Lipinski definition) is 4. The molecule has 0 spiro atoms. The van der Waals surface area contributed by atoms with Gasteiger partial charge in [0.05, 0.1) is 5.69 Å². The van der Waals surface area contributed by atoms with Crippen molar-refractivity contribution in [1.29, 1.82) is 0 Å². The second-order valence-electron chi connectivity index (χ2n) is 5.27. The van der Waals surface area contributed by atoms with Gasteiger partial charge in [0.2, 0.25) is 10.9 Å². The minimum atomic E-state index is -0.413. The zero-order chi connectivity index (χ0) is 13.2. The highest BCUT2D eigenvalue weighted by molar-refractivity contribution is 6.13. The molecule has 0 saturated carbocycles. The van der Waals surface area contributed by atoms with E-state index >= 15 is 0 Å². The zero-order valence-corrected chi connectivity index (χ0v) is 11.4. The minimum absolute atomic E-state index is 0.0123. The highest BCUT2D eigenvalue weighted by Crippen LogP contribution is 2.20. The van der Waals surface area contributed by atoms with Crippen LogP contribution >= 0.6 is 11.8 Å². The third-order valence-corrected chi connectivity index (χ3v) is 3.29. The average Bonchev–Trinajstić information content (AvgIpc) is 2.25. The van der Waals surface area contributed by atoms with Crippen molar-refractivity contribution in [3.05, 3.63) is 26.0 Å². The van der Waals surface area contributed by atoms with E-state index in [4.69, 9.17) is 11.8 Å². The van der Waals surface area contributed by atoms with Crippen LogP contribution in [0.15, 0.2) is 9.59 Å². The Hall–Kier alpha value is -0.870. The van der Waals surface area contributed by atoms with Gasteiger partial charge in [0.15, 0.2) is 0 Å². The second kappa shape index (κ2) is 5.19. The van der Waals surface area contributed by atoms with E-state index in [0.717, 1.165) is 0 Å². The van der Waals surface area contributed by atoms with E-state index in [2.05, 4.69) is 30.9 Å². The first-order chi connectivity index (χ1) is 7.82. The Morgan fingerprint density at radius 2 is 1.82 bits per heavy atom. The first kappa shape index (κ1) is 14.2. The van der Waals surface area contributed by atoms with Crippen LogP contribution in [0.5, 0.6) is 0 Å². The van der Waals surface area contributed by atoms with Crippen LogP contribution in [0.25, 0.3) is 0 Å². The summed E-state index contributed by atoms with van der Waals surface area (Å²) >= 11 is 5.67. The van der Waals surface area contributed by atoms with E-state index in [9.17, 15) is 9.59 Å². The molecule has 1 aromatic rings. The minimum Gasteiger partial charge on any atom is -0.380 e. The van der Waals surface area contributed by atoms with Gasteiger partial charge in [-0.05, 0) is 23.6 Å². The van der Waals surface area contributed by atoms with Crippen LogP contribution in [-0.4, -0.2) is 12.6 Å². The fourth-order valence-electron chi connectivity index (χ4n) is 1.68. The number of nitrogens with one attached hydrogen (secondary N) is 2. The standard InChI is InChI=1S/C12H19ClN2O2/c1-5-7-9(11(17)10(7)16)14-6-8(15-13)12(2,3)4/h8,14-15H,5-6H2,1-4H3/t8-/m1/s1. The molecule has 17 heavy (non-hydrogen) atoms. The topological polar surface area (TPSA) is 58.2 Å². The van der Waals surface area contributed by atoms with E-state index in [1.165, 1.54) is 0 Å². The summed E-state index contributed by atoms with van der Waals surface area (Å²) in [5.74, 6) is 0. The molecular formula is C12H19ClN2O2. The normalized spacial score (nSPS) is 13.9. The van der Waals surface area contributed by atoms with Crippen molar-refractivity contribution in [3.63, 3.8) is 0 Å². The Bertz CT molecular complexity index is 456. The molecule has 1 aromatic carbocycles. The van der Waals surface area contributed by atoms with Crippen LogP contribution in [0.3, 0.4) is 0 Å². The van der Waals surface area contributed by atoms with Gasteiger partial charge in [-0.25, -0.2) is 4.84 Å². The van der Waals surface area contributed by atoms with Gasteiger partial charge in [-0.1, -0.05) is 27.7 Å². The summed E-state index contributed by atoms with van der Waals surface area (Å²) < 4.78 is 0. The van der Waals surface area contributed by atoms with Crippen LogP contribution in [-0.2, 0) is 6.42 Å². The molecule has 0 aliphatic rings. The van der Waals surface area contributed by atoms with Gasteiger partial charge in [0.1, 0.15) is 0 Å². The molecule has 4 nitrogen and oxygen atoms in total. The third-order valence-electron chi connectivity index (χ3n) is 3.02. The van der Waals surface area contributed by atoms with Crippen molar-refractivity contribution >= 4 is 17.5 Å². The van der Waals surface area contributed by atoms with Crippen molar-refractivity contribution in [2.45, 2.75) is 40.2 Å². The lowest BCUT2D eigenvalue weighted by atomic mass is 9.87. The Kier molecular flexibility index (Phi) is 4.33. The molecule has 96 valence electrons. The number of rotatable bonds is 5. The fraction of sp³-hybridized carbons (Fsp3) is 0.667. The summed E-state index contributed by atoms with van der Waals surface area (Å²) in [5, 5.41) is 3.02. The van der Waals surface area contributed by atoms with E-state index in [1.807, 2.05) is 6.92 Å². The molecule has 0 unspecified atom stereocenters. The van der Waals surface area contributed by atoms with Crippen molar-refractivity contribution in [2.75, 3.05) is 11.9 Å². The Balaban J connectivity index is 2.71. The molecule has 0 aromatic heterocycles. The van der Waals surface area contributed by atoms with Gasteiger partial charge in [0.25, 0.3) is 0 Å². The molecule has 1 atom stereocenters. The van der Waals surface area contributed by atoms with Crippen LogP contribution in [0.1, 0.15) is 33.3 Å². The second-order valence-corrected chi connectivity index (χ2v) is 5.49. The summed E-state index contributed by atoms with van der Waals surface area (Å²) in [4.78, 5) is 25.3. The molecular weight excluding hydrogens is 240 g/mol. The predicted molar refractivity (Wildman–Crippen MR) is 71.5 cm³/mol. The molecule has 0 radical (unpaired) electrons. The Morgan fingerprint density at radius 1 is 1.24 bits per heavy atom. The quantitative estimate of drug-likeness (QED) is 0.620. The van der Waals surface area contributed by atoms with E-state index in [1.54, 1.807) is 0 Å². The molecule has 0 aliphatic heterocycles. The number of halogens is 1. The molecule has 0 amide bonds. The highest BCUT2D eigenvalue weighted by atomic mass is 35.5. The Labute approximate surface area is 106 Å². The molecule has 0 heterocycles. The molecule has 0 aliphatic carbocycles. The van der Waals surface area contributed by atoms with Crippen molar-refractivity contribution < 1.29 is 0 Å². The van der Waals surface area contributed by atoms with Gasteiger partial charge < -0.3 is 5.32 Å². The number of hydrogen-bond donors (Lipinski definition) is 2. The summed E-state index contributed by atoms with van der Waals surface area (Å²) in [6.07, 6.45) is 0.585. The third kappa shape index (κ3) is 2.87. The lowest BCUT2D eigenvalue weighted by molar-refractivity contribution is 0.313. The molecule has 2 N–H and O–H groups in total. The number of anilines is 1. The van der Waals surface area contributed by atoms with Crippen molar-refractivity contribution in [1.82, 2.24) is 4.84 Å². The largest absolute Gasteiger partial charge is 0.380 e. The monoisotopic (exact) mass is 258 g/mol. The maximum absolute atomic E-state index is 11.4. The molecule has 0 fully saturated rings. The first-order valence-electron chi connectivity index (χ1n) is 5.75. The summed E-state index contributed by atoms with van der Waals surface area (Å²) in [5.41, 5.74) is 0.250. The van der Waals surface area contributed by atoms with E-state index in [0.29, 0.717) is 24.2 Å². The van der Waals surface area contributed by atoms with Crippen LogP contribution in [0, 0.1) is 5.41 Å². The van der Waals surface area contributed by atoms with Crippen LogP contribution < -0.4 is 21.0 Å². The van der Waals surface area contributed by atoms with Crippen molar-refractivity contribution in [2.24, 2.45) is 5.41 Å². The van der Waals surface area contributed by atoms with Gasteiger partial charge in [-0.2, -0.15) is 0 Å². The van der Waals surface area contributed by atoms with Crippen LogP contribution in [0.2, 0.25) is 0 Å². The van der Waals surface area contributed by atoms with E-state index < -0.39 is 5.43 Å². The van der Waals surface area contributed by atoms with Gasteiger partial charge in [0, 0.05) is 18.2 Å². The summed E-state index contributed by atoms with van der Waals surface area (Å²) in [6.45, 7) is 8.54. The van der Waals surface area contributed by atoms with Crippen molar-refractivity contribution in [3.8, 4) is 0 Å². The fourth-order valence-corrected chi connectivity index (χ4v) is 2.08. The zero-order valence-electron chi connectivity index (χ0n) is 10.7. The van der Waals surface area contributed by atoms with Gasteiger partial charge >= 0.3 is 0 Å². The average molecular weight is 259 g/mol. The summed E-state index contributed by atoms with van der Waals surface area (Å²) in [7, 11) is 0. The lowest BCUT2D eigenvalue weighted by Gasteiger charge is -2.30. The van der Waals surface area contributed by atoms with Crippen LogP contribution in [0.4, 0.5) is 5.69 Å². The van der Waals surface area contributed by atoms with E-state index in [-0.39, 0.29) is 16.9 Å². The van der Waals surface area contributed by atoms with Gasteiger partial charge in [-0.15, -0.1) is 0 Å². The highest BCUT2D eigenvalue weighted by Gasteiger charge is 2.25. The molecule has 0 bridgehead atoms. The summed E-state index contributed by atoms with van der Waals surface area (Å²) in [6, 6.07) is 0.0123. The van der Waals surface area contributed by atoms with Gasteiger partial charge in [-0.3, -0.25) is 9.59 Å². The Morgan fingerprint density at radius 3 is 2.24 bits per heavy atom. The SMILES string of the molecule is CCc1c(NC[C@@H](NCl)C(C)(C)C)c(=O)c1=O.